The van der Waals surface area contributed by atoms with Gasteiger partial charge in [0.1, 0.15) is 0 Å². The Bertz CT molecular complexity index is 236. The largest absolute Gasteiger partial charge is 1.00 e. The Kier molecular flexibility index (Phi) is 25.6. The van der Waals surface area contributed by atoms with Crippen LogP contribution in [0.5, 0.6) is 0 Å². The topological polar surface area (TPSA) is 80.3 Å². The summed E-state index contributed by atoms with van der Waals surface area (Å²) in [5, 5.41) is 0. The molecule has 0 heterocycles. The summed E-state index contributed by atoms with van der Waals surface area (Å²) in [6.45, 7) is 4.57. The normalized spacial score (nSPS) is 10.4. The van der Waals surface area contributed by atoms with Crippen LogP contribution in [0.2, 0.25) is 0 Å². The van der Waals surface area contributed by atoms with Gasteiger partial charge in [0.05, 0.1) is 0 Å². The fraction of sp³-hybridized carbons (Fsp3) is 1.00. The van der Waals surface area contributed by atoms with Crippen molar-refractivity contribution in [2.75, 3.05) is 0 Å². The zero-order valence-corrected chi connectivity index (χ0v) is 16.3. The van der Waals surface area contributed by atoms with Crippen LogP contribution in [0.1, 0.15) is 90.9 Å². The monoisotopic (exact) mass is 317 g/mol. The fourth-order valence-corrected chi connectivity index (χ4v) is 1.91. The molecule has 0 atom stereocenters. The molecule has 0 amide bonds. The molecule has 0 radical (unpaired) electrons. The summed E-state index contributed by atoms with van der Waals surface area (Å²) in [6, 6.07) is 0. The number of hydrogen-bond donors (Lipinski definition) is 0. The van der Waals surface area contributed by atoms with Gasteiger partial charge in [-0.3, -0.25) is 8.42 Å². The van der Waals surface area contributed by atoms with Crippen LogP contribution in [-0.2, 0) is 10.4 Å². The Morgan fingerprint density at radius 3 is 0.900 bits per heavy atom. The van der Waals surface area contributed by atoms with E-state index in [0.717, 1.165) is 0 Å². The molecule has 20 heavy (non-hydrogen) atoms. The molecule has 0 unspecified atom stereocenters. The van der Waals surface area contributed by atoms with E-state index in [1.54, 1.807) is 0 Å². The van der Waals surface area contributed by atoms with Gasteiger partial charge in [-0.25, -0.2) is 0 Å². The third-order valence-corrected chi connectivity index (χ3v) is 2.96. The van der Waals surface area contributed by atoms with Crippen molar-refractivity contribution >= 4 is 10.4 Å². The van der Waals surface area contributed by atoms with Crippen LogP contribution >= 0.6 is 0 Å². The van der Waals surface area contributed by atoms with E-state index < -0.39 is 10.4 Å². The summed E-state index contributed by atoms with van der Waals surface area (Å²) >= 11 is 0. The molecule has 0 aromatic heterocycles. The Labute approximate surface area is 148 Å². The van der Waals surface area contributed by atoms with Crippen molar-refractivity contribution in [3.8, 4) is 0 Å². The predicted molar refractivity (Wildman–Crippen MR) is 77.2 cm³/mol. The first-order valence-corrected chi connectivity index (χ1v) is 8.91. The van der Waals surface area contributed by atoms with Crippen LogP contribution in [0.25, 0.3) is 0 Å². The summed E-state index contributed by atoms with van der Waals surface area (Å²) in [4.78, 5) is 0. The van der Waals surface area contributed by atoms with E-state index in [1.165, 1.54) is 77.0 Å². The maximum absolute atomic E-state index is 8.52. The van der Waals surface area contributed by atoms with Gasteiger partial charge in [0.15, 0.2) is 0 Å². The Morgan fingerprint density at radius 2 is 0.750 bits per heavy atom. The molecular formula is C14H30NaO4S-. The van der Waals surface area contributed by atoms with Crippen LogP contribution in [0, 0.1) is 0 Å². The van der Waals surface area contributed by atoms with Crippen molar-refractivity contribution in [2.45, 2.75) is 90.9 Å². The maximum Gasteiger partial charge on any atom is 1.00 e. The molecule has 0 aromatic rings. The molecule has 0 aliphatic heterocycles. The van der Waals surface area contributed by atoms with Gasteiger partial charge in [-0.1, -0.05) is 90.9 Å². The van der Waals surface area contributed by atoms with Gasteiger partial charge in [0, 0.05) is 10.4 Å². The molecule has 0 spiro atoms. The maximum atomic E-state index is 8.52. The van der Waals surface area contributed by atoms with Gasteiger partial charge < -0.3 is 9.11 Å². The van der Waals surface area contributed by atoms with Crippen molar-refractivity contribution in [3.05, 3.63) is 0 Å². The Morgan fingerprint density at radius 1 is 0.600 bits per heavy atom. The van der Waals surface area contributed by atoms with E-state index in [0.29, 0.717) is 0 Å². The molecular weight excluding hydrogens is 287 g/mol. The second-order valence-corrected chi connectivity index (χ2v) is 5.76. The smallest absolute Gasteiger partial charge is 0.759 e. The molecule has 0 bridgehead atoms. The first-order valence-electron chi connectivity index (χ1n) is 7.58. The van der Waals surface area contributed by atoms with Crippen LogP contribution in [0.4, 0.5) is 0 Å². The number of rotatable bonds is 11. The van der Waals surface area contributed by atoms with Crippen LogP contribution < -0.4 is 29.6 Å². The molecule has 0 saturated carbocycles. The molecule has 0 rings (SSSR count). The zero-order chi connectivity index (χ0) is 15.0. The second-order valence-electron chi connectivity index (χ2n) is 4.94. The van der Waals surface area contributed by atoms with E-state index in [4.69, 9.17) is 17.5 Å². The standard InChI is InChI=1S/C14H30.Na.H2O4S/c1-3-5-7-9-11-13-14-12-10-8-6-4-2;;1-5(2,3)4/h3-14H2,1-2H3;;(H2,1,2,3,4)/q;+1;/p-2. The number of unbranched alkanes of at least 4 members (excludes halogenated alkanes) is 11. The molecule has 4 nitrogen and oxygen atoms in total. The average Bonchev–Trinajstić information content (AvgIpc) is 2.29. The summed E-state index contributed by atoms with van der Waals surface area (Å²) in [5.41, 5.74) is 0. The SMILES string of the molecule is CCCCCCCCCCCCCC.O=S(=O)([O-])[O-].[Na+]. The minimum absolute atomic E-state index is 0. The Hall–Kier alpha value is 0.870. The molecule has 6 heteroatoms. The first-order chi connectivity index (χ1) is 8.91. The van der Waals surface area contributed by atoms with Gasteiger partial charge in [-0.15, -0.1) is 0 Å². The van der Waals surface area contributed by atoms with Crippen LogP contribution in [0.15, 0.2) is 0 Å². The zero-order valence-electron chi connectivity index (χ0n) is 13.5. The average molecular weight is 317 g/mol. The second kappa shape index (κ2) is 19.9. The third kappa shape index (κ3) is 42.8. The van der Waals surface area contributed by atoms with Crippen LogP contribution in [0.3, 0.4) is 0 Å². The minimum Gasteiger partial charge on any atom is -0.759 e. The van der Waals surface area contributed by atoms with E-state index >= 15 is 0 Å². The van der Waals surface area contributed by atoms with Crippen molar-refractivity contribution in [1.82, 2.24) is 0 Å². The van der Waals surface area contributed by atoms with Crippen LogP contribution in [-0.4, -0.2) is 17.5 Å². The quantitative estimate of drug-likeness (QED) is 0.249. The molecule has 0 saturated heterocycles. The van der Waals surface area contributed by atoms with Crippen molar-refractivity contribution < 1.29 is 47.1 Å². The molecule has 0 aromatic carbocycles. The van der Waals surface area contributed by atoms with Gasteiger partial charge in [-0.2, -0.15) is 0 Å². The molecule has 0 N–H and O–H groups in total. The van der Waals surface area contributed by atoms with Gasteiger partial charge in [0.25, 0.3) is 0 Å². The van der Waals surface area contributed by atoms with Gasteiger partial charge in [-0.05, 0) is 0 Å². The van der Waals surface area contributed by atoms with Crippen molar-refractivity contribution in [1.29, 1.82) is 0 Å². The van der Waals surface area contributed by atoms with E-state index in [1.807, 2.05) is 0 Å². The van der Waals surface area contributed by atoms with E-state index in [9.17, 15) is 0 Å². The molecule has 0 aliphatic carbocycles. The van der Waals surface area contributed by atoms with Crippen molar-refractivity contribution in [2.24, 2.45) is 0 Å². The third-order valence-electron chi connectivity index (χ3n) is 2.96. The molecule has 0 fully saturated rings. The van der Waals surface area contributed by atoms with Gasteiger partial charge in [0.2, 0.25) is 0 Å². The van der Waals surface area contributed by atoms with E-state index in [2.05, 4.69) is 13.8 Å². The number of hydrogen-bond acceptors (Lipinski definition) is 4. The van der Waals surface area contributed by atoms with Gasteiger partial charge >= 0.3 is 29.6 Å². The van der Waals surface area contributed by atoms with E-state index in [-0.39, 0.29) is 29.6 Å². The fourth-order valence-electron chi connectivity index (χ4n) is 1.91. The Balaban J connectivity index is -0.000000414. The molecule has 0 aliphatic rings. The summed E-state index contributed by atoms with van der Waals surface area (Å²) in [5.74, 6) is 0. The summed E-state index contributed by atoms with van der Waals surface area (Å²) in [6.07, 6.45) is 17.4. The summed E-state index contributed by atoms with van der Waals surface area (Å²) in [7, 11) is -5.17. The van der Waals surface area contributed by atoms with Crippen molar-refractivity contribution in [3.63, 3.8) is 0 Å². The first kappa shape index (κ1) is 25.8. The molecule has 118 valence electrons. The summed E-state index contributed by atoms with van der Waals surface area (Å²) < 4.78 is 34.1. The predicted octanol–water partition coefficient (Wildman–Crippen LogP) is 1.37. The minimum atomic E-state index is -5.17.